The summed E-state index contributed by atoms with van der Waals surface area (Å²) in [5.74, 6) is -0.0768. The summed E-state index contributed by atoms with van der Waals surface area (Å²) in [4.78, 5) is 25.0. The third-order valence-corrected chi connectivity index (χ3v) is 5.60. The van der Waals surface area contributed by atoms with E-state index in [0.29, 0.717) is 4.88 Å². The number of ketones is 1. The van der Waals surface area contributed by atoms with Gasteiger partial charge in [-0.05, 0) is 29.5 Å². The van der Waals surface area contributed by atoms with Gasteiger partial charge in [0.1, 0.15) is 5.75 Å². The summed E-state index contributed by atoms with van der Waals surface area (Å²) in [6.45, 7) is 5.69. The summed E-state index contributed by atoms with van der Waals surface area (Å²) < 4.78 is 11.1. The highest BCUT2D eigenvalue weighted by Crippen LogP contribution is 2.49. The van der Waals surface area contributed by atoms with Crippen LogP contribution in [-0.4, -0.2) is 26.0 Å². The molecular formula is C18H18O4S. The van der Waals surface area contributed by atoms with Crippen LogP contribution in [0.1, 0.15) is 22.2 Å². The second-order valence-corrected chi connectivity index (χ2v) is 6.83. The van der Waals surface area contributed by atoms with Crippen molar-refractivity contribution < 1.29 is 19.1 Å². The second-order valence-electron chi connectivity index (χ2n) is 5.74. The van der Waals surface area contributed by atoms with Crippen molar-refractivity contribution in [1.29, 1.82) is 0 Å². The Balaban J connectivity index is 1.93. The van der Waals surface area contributed by atoms with Gasteiger partial charge in [0.15, 0.2) is 5.78 Å². The molecule has 1 aliphatic carbocycles. The number of carbonyl (C=O) groups excluding carboxylic acids is 2. The number of thiophene rings is 1. The van der Waals surface area contributed by atoms with E-state index in [-0.39, 0.29) is 29.5 Å². The number of carbonyl (C=O) groups is 2. The number of hydrogen-bond acceptors (Lipinski definition) is 5. The van der Waals surface area contributed by atoms with Crippen LogP contribution >= 0.6 is 11.3 Å². The van der Waals surface area contributed by atoms with Crippen LogP contribution in [0.15, 0.2) is 24.8 Å². The van der Waals surface area contributed by atoms with Crippen molar-refractivity contribution >= 4 is 39.3 Å². The maximum absolute atomic E-state index is 12.7. The SMILES string of the molecule is C=Cc1cc2cc(C(=O)[C@@H]3[C@H](C)[C@@H]3C(=O)OC)sc2cc1OC. The lowest BCUT2D eigenvalue weighted by Crippen LogP contribution is -2.09. The zero-order chi connectivity index (χ0) is 16.7. The average molecular weight is 330 g/mol. The van der Waals surface area contributed by atoms with Gasteiger partial charge in [-0.25, -0.2) is 0 Å². The van der Waals surface area contributed by atoms with Gasteiger partial charge in [0, 0.05) is 16.2 Å². The monoisotopic (exact) mass is 330 g/mol. The van der Waals surface area contributed by atoms with Crippen molar-refractivity contribution in [2.24, 2.45) is 17.8 Å². The third-order valence-electron chi connectivity index (χ3n) is 4.49. The molecule has 23 heavy (non-hydrogen) atoms. The largest absolute Gasteiger partial charge is 0.496 e. The van der Waals surface area contributed by atoms with Crippen molar-refractivity contribution in [1.82, 2.24) is 0 Å². The molecule has 4 nitrogen and oxygen atoms in total. The predicted octanol–water partition coefficient (Wildman–Crippen LogP) is 3.79. The molecule has 0 radical (unpaired) electrons. The minimum absolute atomic E-state index is 0.0215. The first-order chi connectivity index (χ1) is 11.0. The molecule has 1 aromatic carbocycles. The number of hydrogen-bond donors (Lipinski definition) is 0. The number of fused-ring (bicyclic) bond motifs is 1. The van der Waals surface area contributed by atoms with Gasteiger partial charge in [0.2, 0.25) is 0 Å². The van der Waals surface area contributed by atoms with Crippen LogP contribution in [0.25, 0.3) is 16.2 Å². The molecule has 1 aliphatic rings. The molecule has 0 spiro atoms. The van der Waals surface area contributed by atoms with E-state index in [1.54, 1.807) is 13.2 Å². The van der Waals surface area contributed by atoms with Crippen molar-refractivity contribution in [3.8, 4) is 5.75 Å². The molecule has 0 saturated heterocycles. The van der Waals surface area contributed by atoms with Gasteiger partial charge in [-0.15, -0.1) is 11.3 Å². The molecule has 0 unspecified atom stereocenters. The van der Waals surface area contributed by atoms with E-state index in [1.807, 2.05) is 25.1 Å². The van der Waals surface area contributed by atoms with E-state index in [9.17, 15) is 9.59 Å². The van der Waals surface area contributed by atoms with Gasteiger partial charge < -0.3 is 9.47 Å². The molecule has 1 aromatic heterocycles. The Kier molecular flexibility index (Phi) is 3.98. The van der Waals surface area contributed by atoms with Gasteiger partial charge in [0.25, 0.3) is 0 Å². The van der Waals surface area contributed by atoms with Crippen LogP contribution in [0.4, 0.5) is 0 Å². The minimum atomic E-state index is -0.309. The number of Topliss-reactive ketones (excluding diaryl/α,β-unsaturated/α-hetero) is 1. The molecule has 120 valence electrons. The molecule has 0 N–H and O–H groups in total. The number of methoxy groups -OCH3 is 2. The summed E-state index contributed by atoms with van der Waals surface area (Å²) in [5.41, 5.74) is 0.893. The molecule has 0 amide bonds. The number of benzene rings is 1. The summed E-state index contributed by atoms with van der Waals surface area (Å²) >= 11 is 1.43. The molecule has 0 bridgehead atoms. The van der Waals surface area contributed by atoms with Gasteiger partial charge in [-0.1, -0.05) is 19.6 Å². The van der Waals surface area contributed by atoms with Crippen molar-refractivity contribution in [3.63, 3.8) is 0 Å². The fourth-order valence-corrected chi connectivity index (χ4v) is 4.13. The van der Waals surface area contributed by atoms with Gasteiger partial charge in [-0.3, -0.25) is 9.59 Å². The number of esters is 1. The highest BCUT2D eigenvalue weighted by Gasteiger charge is 2.57. The average Bonchev–Trinajstić information content (AvgIpc) is 3.05. The van der Waals surface area contributed by atoms with Crippen molar-refractivity contribution in [2.45, 2.75) is 6.92 Å². The molecule has 1 saturated carbocycles. The fraction of sp³-hybridized carbons (Fsp3) is 0.333. The van der Waals surface area contributed by atoms with Crippen LogP contribution < -0.4 is 4.74 Å². The first-order valence-corrected chi connectivity index (χ1v) is 8.19. The lowest BCUT2D eigenvalue weighted by Gasteiger charge is -2.04. The Bertz CT molecular complexity index is 805. The molecule has 1 heterocycles. The highest BCUT2D eigenvalue weighted by molar-refractivity contribution is 7.20. The van der Waals surface area contributed by atoms with Crippen LogP contribution in [0.2, 0.25) is 0 Å². The van der Waals surface area contributed by atoms with Crippen LogP contribution in [-0.2, 0) is 9.53 Å². The topological polar surface area (TPSA) is 52.6 Å². The standard InChI is InChI=1S/C18H18O4S/c1-5-10-6-11-7-14(23-13(11)8-12(10)21-3)17(19)15-9(2)16(15)18(20)22-4/h5-9,15-16H,1H2,2-4H3/t9-,15+,16-/m0/s1. The van der Waals surface area contributed by atoms with Gasteiger partial charge in [0.05, 0.1) is 25.0 Å². The van der Waals surface area contributed by atoms with Crippen LogP contribution in [0.3, 0.4) is 0 Å². The van der Waals surface area contributed by atoms with Crippen LogP contribution in [0, 0.1) is 17.8 Å². The Morgan fingerprint density at radius 1 is 1.22 bits per heavy atom. The third kappa shape index (κ3) is 2.55. The summed E-state index contributed by atoms with van der Waals surface area (Å²) in [5, 5.41) is 0.983. The molecule has 0 aliphatic heterocycles. The fourth-order valence-electron chi connectivity index (χ4n) is 3.07. The van der Waals surface area contributed by atoms with Gasteiger partial charge in [-0.2, -0.15) is 0 Å². The summed E-state index contributed by atoms with van der Waals surface area (Å²) in [6, 6.07) is 5.76. The maximum atomic E-state index is 12.7. The van der Waals surface area contributed by atoms with E-state index < -0.39 is 0 Å². The molecule has 3 rings (SSSR count). The zero-order valence-electron chi connectivity index (χ0n) is 13.3. The van der Waals surface area contributed by atoms with Crippen LogP contribution in [0.5, 0.6) is 5.75 Å². The maximum Gasteiger partial charge on any atom is 0.309 e. The molecule has 1 fully saturated rings. The van der Waals surface area contributed by atoms with Crippen molar-refractivity contribution in [3.05, 3.63) is 35.2 Å². The molecule has 2 aromatic rings. The van der Waals surface area contributed by atoms with E-state index in [0.717, 1.165) is 21.4 Å². The summed E-state index contributed by atoms with van der Waals surface area (Å²) in [6.07, 6.45) is 1.73. The highest BCUT2D eigenvalue weighted by atomic mass is 32.1. The number of rotatable bonds is 5. The number of ether oxygens (including phenoxy) is 2. The zero-order valence-corrected chi connectivity index (χ0v) is 14.1. The van der Waals surface area contributed by atoms with E-state index in [2.05, 4.69) is 6.58 Å². The first kappa shape index (κ1) is 15.7. The van der Waals surface area contributed by atoms with Gasteiger partial charge >= 0.3 is 5.97 Å². The normalized spacial score (nSPS) is 22.7. The smallest absolute Gasteiger partial charge is 0.309 e. The summed E-state index contributed by atoms with van der Waals surface area (Å²) in [7, 11) is 2.97. The Morgan fingerprint density at radius 2 is 1.96 bits per heavy atom. The van der Waals surface area contributed by atoms with E-state index in [1.165, 1.54) is 18.4 Å². The van der Waals surface area contributed by atoms with Crippen molar-refractivity contribution in [2.75, 3.05) is 14.2 Å². The molecule has 3 atom stereocenters. The van der Waals surface area contributed by atoms with E-state index in [4.69, 9.17) is 9.47 Å². The molecule has 5 heteroatoms. The lowest BCUT2D eigenvalue weighted by molar-refractivity contribution is -0.142. The molecular weight excluding hydrogens is 312 g/mol. The lowest BCUT2D eigenvalue weighted by atomic mass is 10.1. The Hall–Kier alpha value is -2.14. The first-order valence-electron chi connectivity index (χ1n) is 7.37. The Morgan fingerprint density at radius 3 is 2.57 bits per heavy atom. The second kappa shape index (κ2) is 5.81. The minimum Gasteiger partial charge on any atom is -0.496 e. The Labute approximate surface area is 138 Å². The predicted molar refractivity (Wildman–Crippen MR) is 91.0 cm³/mol. The quantitative estimate of drug-likeness (QED) is 0.618. The van der Waals surface area contributed by atoms with E-state index >= 15 is 0 Å².